The van der Waals surface area contributed by atoms with E-state index < -0.39 is 5.97 Å². The molecule has 0 spiro atoms. The van der Waals surface area contributed by atoms with Gasteiger partial charge in [-0.05, 0) is 46.8 Å². The van der Waals surface area contributed by atoms with Crippen LogP contribution in [0.1, 0.15) is 161 Å². The summed E-state index contributed by atoms with van der Waals surface area (Å²) in [6.07, 6.45) is 20.5. The Kier molecular flexibility index (Phi) is 14.7. The number of carboxylic acid groups (broad SMARTS) is 1. The molecule has 0 atom stereocenters. The van der Waals surface area contributed by atoms with Crippen molar-refractivity contribution in [3.63, 3.8) is 0 Å². The zero-order valence-corrected chi connectivity index (χ0v) is 24.0. The molecule has 3 nitrogen and oxygen atoms in total. The summed E-state index contributed by atoms with van der Waals surface area (Å²) < 4.78 is 0. The molecule has 0 bridgehead atoms. The number of hydrogen-bond donors (Lipinski definition) is 2. The number of aryl methyl sites for hydroxylation is 1. The van der Waals surface area contributed by atoms with Crippen molar-refractivity contribution in [1.82, 2.24) is 0 Å². The van der Waals surface area contributed by atoms with E-state index in [1.165, 1.54) is 89.0 Å². The van der Waals surface area contributed by atoms with Crippen LogP contribution in [0.4, 0.5) is 0 Å². The number of aromatic hydroxyl groups is 1. The number of unbranched alkanes of at least 4 members (excludes halogenated alkanes) is 14. The van der Waals surface area contributed by atoms with Crippen molar-refractivity contribution in [2.24, 2.45) is 0 Å². The zero-order chi connectivity index (χ0) is 26.3. The molecule has 0 heterocycles. The van der Waals surface area contributed by atoms with Crippen molar-refractivity contribution in [2.45, 2.75) is 162 Å². The SMILES string of the molecule is CC(C)(C)c1cc(CCCCCCCCCCCCCCCCCC(=O)O)cc(C(C)(C)C)c1O. The molecule has 0 aromatic heterocycles. The van der Waals surface area contributed by atoms with E-state index in [0.29, 0.717) is 12.2 Å². The Balaban J connectivity index is 2.12. The quantitative estimate of drug-likeness (QED) is 0.202. The van der Waals surface area contributed by atoms with E-state index in [1.54, 1.807) is 0 Å². The van der Waals surface area contributed by atoms with Gasteiger partial charge in [0, 0.05) is 6.42 Å². The number of phenols is 1. The first kappa shape index (κ1) is 31.5. The molecule has 0 aliphatic heterocycles. The summed E-state index contributed by atoms with van der Waals surface area (Å²) in [5, 5.41) is 19.5. The smallest absolute Gasteiger partial charge is 0.303 e. The minimum atomic E-state index is -0.663. The van der Waals surface area contributed by atoms with Gasteiger partial charge in [0.15, 0.2) is 0 Å². The molecular formula is C32H56O3. The number of carbonyl (C=O) groups is 1. The van der Waals surface area contributed by atoms with E-state index in [0.717, 1.165) is 30.4 Å². The van der Waals surface area contributed by atoms with Crippen LogP contribution in [0.5, 0.6) is 5.75 Å². The molecule has 3 heteroatoms. The van der Waals surface area contributed by atoms with Gasteiger partial charge in [-0.15, -0.1) is 0 Å². The topological polar surface area (TPSA) is 57.5 Å². The van der Waals surface area contributed by atoms with E-state index in [4.69, 9.17) is 5.11 Å². The summed E-state index contributed by atoms with van der Waals surface area (Å²) in [7, 11) is 0. The van der Waals surface area contributed by atoms with Crippen molar-refractivity contribution in [1.29, 1.82) is 0 Å². The lowest BCUT2D eigenvalue weighted by Gasteiger charge is -2.28. The fraction of sp³-hybridized carbons (Fsp3) is 0.781. The van der Waals surface area contributed by atoms with Gasteiger partial charge in [-0.3, -0.25) is 4.79 Å². The molecule has 0 saturated heterocycles. The largest absolute Gasteiger partial charge is 0.507 e. The number of phenolic OH excluding ortho intramolecular Hbond substituents is 1. The summed E-state index contributed by atoms with van der Waals surface area (Å²) in [5.74, 6) is -0.176. The van der Waals surface area contributed by atoms with Crippen LogP contribution in [0.2, 0.25) is 0 Å². The minimum Gasteiger partial charge on any atom is -0.507 e. The highest BCUT2D eigenvalue weighted by Crippen LogP contribution is 2.40. The predicted octanol–water partition coefficient (Wildman–Crippen LogP) is 9.86. The highest BCUT2D eigenvalue weighted by atomic mass is 16.4. The molecule has 0 unspecified atom stereocenters. The molecule has 0 amide bonds. The Morgan fingerprint density at radius 1 is 0.600 bits per heavy atom. The van der Waals surface area contributed by atoms with Gasteiger partial charge in [0.2, 0.25) is 0 Å². The monoisotopic (exact) mass is 488 g/mol. The van der Waals surface area contributed by atoms with Gasteiger partial charge in [0.1, 0.15) is 5.75 Å². The first-order valence-corrected chi connectivity index (χ1v) is 14.5. The minimum absolute atomic E-state index is 0.0522. The molecule has 0 fully saturated rings. The Bertz CT molecular complexity index is 686. The number of carboxylic acids is 1. The third-order valence-electron chi connectivity index (χ3n) is 7.14. The van der Waals surface area contributed by atoms with Crippen molar-refractivity contribution < 1.29 is 15.0 Å². The molecule has 1 rings (SSSR count). The second-order valence-corrected chi connectivity index (χ2v) is 12.7. The fourth-order valence-electron chi connectivity index (χ4n) is 4.89. The average molecular weight is 489 g/mol. The second-order valence-electron chi connectivity index (χ2n) is 12.7. The second kappa shape index (κ2) is 16.3. The zero-order valence-electron chi connectivity index (χ0n) is 24.0. The lowest BCUT2D eigenvalue weighted by Crippen LogP contribution is -2.18. The molecule has 0 aliphatic rings. The van der Waals surface area contributed by atoms with Gasteiger partial charge in [0.25, 0.3) is 0 Å². The van der Waals surface area contributed by atoms with Crippen molar-refractivity contribution in [3.05, 3.63) is 28.8 Å². The highest BCUT2D eigenvalue weighted by molar-refractivity contribution is 5.66. The van der Waals surface area contributed by atoms with Crippen LogP contribution in [0, 0.1) is 0 Å². The van der Waals surface area contributed by atoms with E-state index in [2.05, 4.69) is 53.7 Å². The van der Waals surface area contributed by atoms with E-state index in [9.17, 15) is 9.90 Å². The summed E-state index contributed by atoms with van der Waals surface area (Å²) in [6, 6.07) is 4.48. The summed E-state index contributed by atoms with van der Waals surface area (Å²) in [6.45, 7) is 13.1. The Labute approximate surface area is 217 Å². The van der Waals surface area contributed by atoms with E-state index in [1.807, 2.05) is 0 Å². The van der Waals surface area contributed by atoms with E-state index >= 15 is 0 Å². The molecular weight excluding hydrogens is 432 g/mol. The van der Waals surface area contributed by atoms with Crippen LogP contribution >= 0.6 is 0 Å². The summed E-state index contributed by atoms with van der Waals surface area (Å²) in [4.78, 5) is 10.5. The molecule has 0 saturated carbocycles. The van der Waals surface area contributed by atoms with E-state index in [-0.39, 0.29) is 10.8 Å². The van der Waals surface area contributed by atoms with Gasteiger partial charge in [-0.1, -0.05) is 137 Å². The van der Waals surface area contributed by atoms with Gasteiger partial charge in [0.05, 0.1) is 0 Å². The highest BCUT2D eigenvalue weighted by Gasteiger charge is 2.26. The van der Waals surface area contributed by atoms with Gasteiger partial charge >= 0.3 is 5.97 Å². The molecule has 202 valence electrons. The molecule has 0 radical (unpaired) electrons. The summed E-state index contributed by atoms with van der Waals surface area (Å²) >= 11 is 0. The first-order chi connectivity index (χ1) is 16.4. The number of rotatable bonds is 18. The van der Waals surface area contributed by atoms with Crippen LogP contribution in [-0.4, -0.2) is 16.2 Å². The Morgan fingerprint density at radius 2 is 0.914 bits per heavy atom. The van der Waals surface area contributed by atoms with Crippen LogP contribution < -0.4 is 0 Å². The van der Waals surface area contributed by atoms with Gasteiger partial charge in [-0.25, -0.2) is 0 Å². The molecule has 1 aromatic carbocycles. The van der Waals surface area contributed by atoms with Crippen molar-refractivity contribution in [3.8, 4) is 5.75 Å². The maximum Gasteiger partial charge on any atom is 0.303 e. The van der Waals surface area contributed by atoms with Crippen molar-refractivity contribution >= 4 is 5.97 Å². The third kappa shape index (κ3) is 14.0. The van der Waals surface area contributed by atoms with Gasteiger partial charge in [-0.2, -0.15) is 0 Å². The average Bonchev–Trinajstić information content (AvgIpc) is 2.74. The normalized spacial score (nSPS) is 12.3. The van der Waals surface area contributed by atoms with Gasteiger partial charge < -0.3 is 10.2 Å². The summed E-state index contributed by atoms with van der Waals surface area (Å²) in [5.41, 5.74) is 3.43. The fourth-order valence-corrected chi connectivity index (χ4v) is 4.89. The van der Waals surface area contributed by atoms with Crippen LogP contribution in [0.3, 0.4) is 0 Å². The number of benzene rings is 1. The third-order valence-corrected chi connectivity index (χ3v) is 7.14. The van der Waals surface area contributed by atoms with Crippen LogP contribution in [-0.2, 0) is 22.0 Å². The Hall–Kier alpha value is -1.51. The maximum absolute atomic E-state index is 10.9. The standard InChI is InChI=1S/C32H56O3/c1-31(2,3)27-24-26(25-28(30(27)35)32(4,5)6)22-20-18-16-14-12-10-8-7-9-11-13-15-17-19-21-23-29(33)34/h24-25,35H,7-23H2,1-6H3,(H,33,34). The number of hydrogen-bond acceptors (Lipinski definition) is 2. The molecule has 1 aromatic rings. The number of aliphatic carboxylic acids is 1. The molecule has 35 heavy (non-hydrogen) atoms. The molecule has 0 aliphatic carbocycles. The first-order valence-electron chi connectivity index (χ1n) is 14.5. The maximum atomic E-state index is 10.9. The van der Waals surface area contributed by atoms with Crippen LogP contribution in [0.15, 0.2) is 12.1 Å². The lowest BCUT2D eigenvalue weighted by atomic mass is 9.78. The Morgan fingerprint density at radius 3 is 1.23 bits per heavy atom. The lowest BCUT2D eigenvalue weighted by molar-refractivity contribution is -0.137. The molecule has 2 N–H and O–H groups in total. The predicted molar refractivity (Wildman–Crippen MR) is 151 cm³/mol. The van der Waals surface area contributed by atoms with Crippen LogP contribution in [0.25, 0.3) is 0 Å². The van der Waals surface area contributed by atoms with Crippen molar-refractivity contribution in [2.75, 3.05) is 0 Å².